The van der Waals surface area contributed by atoms with Crippen LogP contribution < -0.4 is 10.6 Å². The number of fused-ring (bicyclic) bond motifs is 2. The van der Waals surface area contributed by atoms with Crippen molar-refractivity contribution in [3.8, 4) is 0 Å². The van der Waals surface area contributed by atoms with Gasteiger partial charge < -0.3 is 10.6 Å². The van der Waals surface area contributed by atoms with Crippen LogP contribution in [0.3, 0.4) is 0 Å². The highest BCUT2D eigenvalue weighted by Gasteiger charge is 2.16. The van der Waals surface area contributed by atoms with Crippen LogP contribution in [-0.2, 0) is 6.42 Å². The minimum atomic E-state index is 0.0250. The molecule has 0 aliphatic carbocycles. The van der Waals surface area contributed by atoms with Gasteiger partial charge in [-0.05, 0) is 35.7 Å². The van der Waals surface area contributed by atoms with Crippen molar-refractivity contribution in [1.82, 2.24) is 5.32 Å². The summed E-state index contributed by atoms with van der Waals surface area (Å²) in [4.78, 5) is 12.4. The molecule has 1 amide bonds. The van der Waals surface area contributed by atoms with Gasteiger partial charge in [0.2, 0.25) is 0 Å². The molecule has 0 unspecified atom stereocenters. The van der Waals surface area contributed by atoms with Crippen LogP contribution in [0.1, 0.15) is 66.9 Å². The fraction of sp³-hybridized carbons (Fsp3) is 0.409. The molecule has 0 aromatic heterocycles. The highest BCUT2D eigenvalue weighted by molar-refractivity contribution is 5.95. The van der Waals surface area contributed by atoms with Crippen LogP contribution in [-0.4, -0.2) is 12.5 Å². The van der Waals surface area contributed by atoms with Crippen molar-refractivity contribution in [1.29, 1.82) is 0 Å². The molecule has 1 aliphatic heterocycles. The van der Waals surface area contributed by atoms with Crippen LogP contribution in [0.4, 0.5) is 11.4 Å². The Morgan fingerprint density at radius 1 is 0.960 bits per heavy atom. The molecule has 2 N–H and O–H groups in total. The minimum absolute atomic E-state index is 0.0250. The Morgan fingerprint density at radius 2 is 1.72 bits per heavy atom. The van der Waals surface area contributed by atoms with Crippen molar-refractivity contribution in [3.63, 3.8) is 0 Å². The molecule has 2 aromatic rings. The molecule has 0 fully saturated rings. The lowest BCUT2D eigenvalue weighted by Crippen LogP contribution is -2.24. The Hall–Kier alpha value is -2.29. The van der Waals surface area contributed by atoms with Gasteiger partial charge in [0.15, 0.2) is 0 Å². The summed E-state index contributed by atoms with van der Waals surface area (Å²) in [6, 6.07) is 14.3. The molecular formula is C22H28N2O. The van der Waals surface area contributed by atoms with Gasteiger partial charge in [-0.3, -0.25) is 4.79 Å². The Bertz CT molecular complexity index is 724. The van der Waals surface area contributed by atoms with E-state index in [9.17, 15) is 4.79 Å². The number of hydrogen-bond donors (Lipinski definition) is 2. The number of unbranched alkanes of at least 4 members (excludes halogenated alkanes) is 5. The predicted octanol–water partition coefficient (Wildman–Crippen LogP) is 5.42. The summed E-state index contributed by atoms with van der Waals surface area (Å²) >= 11 is 0. The Morgan fingerprint density at radius 3 is 2.60 bits per heavy atom. The number of nitrogens with one attached hydrogen (secondary N) is 2. The van der Waals surface area contributed by atoms with Gasteiger partial charge in [-0.15, -0.1) is 0 Å². The molecule has 1 aliphatic rings. The monoisotopic (exact) mass is 336 g/mol. The third-order valence-electron chi connectivity index (χ3n) is 4.86. The van der Waals surface area contributed by atoms with Crippen molar-refractivity contribution >= 4 is 17.3 Å². The van der Waals surface area contributed by atoms with E-state index in [0.717, 1.165) is 36.3 Å². The molecule has 3 rings (SSSR count). The molecule has 0 atom stereocenters. The number of amides is 1. The first-order valence-corrected chi connectivity index (χ1v) is 9.54. The number of para-hydroxylation sites is 1. The Labute approximate surface area is 150 Å². The predicted molar refractivity (Wildman–Crippen MR) is 105 cm³/mol. The summed E-state index contributed by atoms with van der Waals surface area (Å²) in [5.41, 5.74) is 5.46. The summed E-state index contributed by atoms with van der Waals surface area (Å²) < 4.78 is 0. The van der Waals surface area contributed by atoms with Crippen molar-refractivity contribution in [2.75, 3.05) is 11.9 Å². The van der Waals surface area contributed by atoms with E-state index in [1.165, 1.54) is 43.2 Å². The summed E-state index contributed by atoms with van der Waals surface area (Å²) in [5.74, 6) is 0.0250. The third kappa shape index (κ3) is 4.62. The van der Waals surface area contributed by atoms with E-state index in [-0.39, 0.29) is 5.91 Å². The van der Waals surface area contributed by atoms with Gasteiger partial charge in [0, 0.05) is 29.9 Å². The fourth-order valence-corrected chi connectivity index (χ4v) is 3.34. The molecule has 25 heavy (non-hydrogen) atoms. The van der Waals surface area contributed by atoms with E-state index in [1.807, 2.05) is 18.2 Å². The van der Waals surface area contributed by atoms with Crippen molar-refractivity contribution in [2.24, 2.45) is 0 Å². The maximum absolute atomic E-state index is 12.4. The van der Waals surface area contributed by atoms with Gasteiger partial charge in [0.1, 0.15) is 0 Å². The van der Waals surface area contributed by atoms with Crippen LogP contribution in [0, 0.1) is 0 Å². The maximum atomic E-state index is 12.4. The average molecular weight is 336 g/mol. The SMILES string of the molecule is CCCCCCCCNC(=O)c1ccc2c(c1)Nc1ccccc1C2. The topological polar surface area (TPSA) is 41.1 Å². The highest BCUT2D eigenvalue weighted by atomic mass is 16.1. The van der Waals surface area contributed by atoms with Gasteiger partial charge in [0.05, 0.1) is 0 Å². The number of hydrogen-bond acceptors (Lipinski definition) is 2. The van der Waals surface area contributed by atoms with Crippen LogP contribution in [0.2, 0.25) is 0 Å². The van der Waals surface area contributed by atoms with Gasteiger partial charge in [0.25, 0.3) is 5.91 Å². The number of benzene rings is 2. The second-order valence-electron chi connectivity index (χ2n) is 6.85. The Balaban J connectivity index is 1.51. The van der Waals surface area contributed by atoms with Crippen LogP contribution in [0.25, 0.3) is 0 Å². The molecular weight excluding hydrogens is 308 g/mol. The van der Waals surface area contributed by atoms with E-state index >= 15 is 0 Å². The zero-order valence-electron chi connectivity index (χ0n) is 15.1. The van der Waals surface area contributed by atoms with Crippen molar-refractivity contribution < 1.29 is 4.79 Å². The summed E-state index contributed by atoms with van der Waals surface area (Å²) in [7, 11) is 0. The van der Waals surface area contributed by atoms with Crippen LogP contribution in [0.5, 0.6) is 0 Å². The minimum Gasteiger partial charge on any atom is -0.355 e. The molecule has 3 heteroatoms. The normalized spacial score (nSPS) is 12.0. The molecule has 0 spiro atoms. The number of carbonyl (C=O) groups excluding carboxylic acids is 1. The lowest BCUT2D eigenvalue weighted by molar-refractivity contribution is 0.0953. The standard InChI is InChI=1S/C22H28N2O/c1-2-3-4-5-6-9-14-23-22(25)19-13-12-18-15-17-10-7-8-11-20(17)24-21(18)16-19/h7-8,10-13,16,24H,2-6,9,14-15H2,1H3,(H,23,25). The molecule has 0 saturated carbocycles. The molecule has 2 aromatic carbocycles. The molecule has 0 radical (unpaired) electrons. The van der Waals surface area contributed by atoms with Crippen molar-refractivity contribution in [3.05, 3.63) is 59.2 Å². The summed E-state index contributed by atoms with van der Waals surface area (Å²) in [6.45, 7) is 2.99. The first-order chi connectivity index (χ1) is 12.3. The van der Waals surface area contributed by atoms with Gasteiger partial charge in [-0.25, -0.2) is 0 Å². The average Bonchev–Trinajstić information content (AvgIpc) is 2.65. The first-order valence-electron chi connectivity index (χ1n) is 9.54. The van der Waals surface area contributed by atoms with Crippen LogP contribution >= 0.6 is 0 Å². The summed E-state index contributed by atoms with van der Waals surface area (Å²) in [5, 5.41) is 6.50. The first kappa shape index (κ1) is 17.5. The lowest BCUT2D eigenvalue weighted by Gasteiger charge is -2.22. The smallest absolute Gasteiger partial charge is 0.251 e. The van der Waals surface area contributed by atoms with E-state index in [1.54, 1.807) is 0 Å². The largest absolute Gasteiger partial charge is 0.355 e. The molecule has 0 bridgehead atoms. The number of anilines is 2. The van der Waals surface area contributed by atoms with Gasteiger partial charge in [-0.1, -0.05) is 63.3 Å². The van der Waals surface area contributed by atoms with E-state index in [4.69, 9.17) is 0 Å². The van der Waals surface area contributed by atoms with Crippen LogP contribution in [0.15, 0.2) is 42.5 Å². The quantitative estimate of drug-likeness (QED) is 0.539. The third-order valence-corrected chi connectivity index (χ3v) is 4.86. The molecule has 3 nitrogen and oxygen atoms in total. The lowest BCUT2D eigenvalue weighted by atomic mass is 9.96. The van der Waals surface area contributed by atoms with E-state index in [2.05, 4.69) is 41.8 Å². The molecule has 0 saturated heterocycles. The summed E-state index contributed by atoms with van der Waals surface area (Å²) in [6.07, 6.45) is 8.34. The van der Waals surface area contributed by atoms with E-state index in [0.29, 0.717) is 0 Å². The maximum Gasteiger partial charge on any atom is 0.251 e. The fourth-order valence-electron chi connectivity index (χ4n) is 3.34. The molecule has 1 heterocycles. The van der Waals surface area contributed by atoms with Crippen molar-refractivity contribution in [2.45, 2.75) is 51.9 Å². The second-order valence-corrected chi connectivity index (χ2v) is 6.85. The van der Waals surface area contributed by atoms with Gasteiger partial charge >= 0.3 is 0 Å². The zero-order valence-corrected chi connectivity index (χ0v) is 15.1. The van der Waals surface area contributed by atoms with Gasteiger partial charge in [-0.2, -0.15) is 0 Å². The Kier molecular flexibility index (Phi) is 6.10. The second kappa shape index (κ2) is 8.70. The van der Waals surface area contributed by atoms with E-state index < -0.39 is 0 Å². The number of rotatable bonds is 8. The highest BCUT2D eigenvalue weighted by Crippen LogP contribution is 2.33. The number of carbonyl (C=O) groups is 1. The zero-order chi connectivity index (χ0) is 17.5. The molecule has 132 valence electrons.